The molecular weight excluding hydrogens is 364 g/mol. The topological polar surface area (TPSA) is 127 Å². The lowest BCUT2D eigenvalue weighted by Gasteiger charge is -2.55. The van der Waals surface area contributed by atoms with Crippen LogP contribution < -0.4 is 10.7 Å². The zero-order chi connectivity index (χ0) is 19.9. The van der Waals surface area contributed by atoms with E-state index >= 15 is 0 Å². The molecule has 0 spiro atoms. The number of nitrogens with one attached hydrogen (secondary N) is 2. The lowest BCUT2D eigenvalue weighted by Crippen LogP contribution is -2.56. The van der Waals surface area contributed by atoms with Gasteiger partial charge in [0.2, 0.25) is 5.91 Å². The molecular formula is C19H24N4O5. The highest BCUT2D eigenvalue weighted by Gasteiger charge is 2.54. The number of nitrogens with zero attached hydrogens (tertiary/aromatic N) is 2. The monoisotopic (exact) mass is 388 g/mol. The maximum atomic E-state index is 13.0. The summed E-state index contributed by atoms with van der Waals surface area (Å²) in [6.45, 7) is 1.63. The number of amides is 2. The van der Waals surface area contributed by atoms with Gasteiger partial charge in [0.15, 0.2) is 5.76 Å². The molecule has 4 saturated carbocycles. The third kappa shape index (κ3) is 3.53. The third-order valence-corrected chi connectivity index (χ3v) is 6.42. The lowest BCUT2D eigenvalue weighted by molar-refractivity contribution is -0.402. The minimum absolute atomic E-state index is 0.0140. The quantitative estimate of drug-likeness (QED) is 0.439. The number of furan rings is 1. The van der Waals surface area contributed by atoms with Crippen molar-refractivity contribution in [2.75, 3.05) is 0 Å². The predicted molar refractivity (Wildman–Crippen MR) is 99.3 cm³/mol. The van der Waals surface area contributed by atoms with Gasteiger partial charge in [-0.15, -0.1) is 0 Å². The Morgan fingerprint density at radius 3 is 2.39 bits per heavy atom. The molecule has 9 heteroatoms. The first-order chi connectivity index (χ1) is 13.3. The van der Waals surface area contributed by atoms with Crippen LogP contribution in [-0.4, -0.2) is 29.0 Å². The molecule has 0 radical (unpaired) electrons. The van der Waals surface area contributed by atoms with E-state index in [2.05, 4.69) is 15.8 Å². The predicted octanol–water partition coefficient (Wildman–Crippen LogP) is 2.36. The van der Waals surface area contributed by atoms with Crippen molar-refractivity contribution >= 4 is 23.9 Å². The summed E-state index contributed by atoms with van der Waals surface area (Å²) >= 11 is 0. The summed E-state index contributed by atoms with van der Waals surface area (Å²) in [6.07, 6.45) is 7.75. The molecule has 2 N–H and O–H groups in total. The van der Waals surface area contributed by atoms with Gasteiger partial charge in [-0.05, 0) is 69.3 Å². The maximum Gasteiger partial charge on any atom is 0.433 e. The largest absolute Gasteiger partial charge is 0.433 e. The summed E-state index contributed by atoms with van der Waals surface area (Å²) in [5, 5.41) is 17.2. The van der Waals surface area contributed by atoms with E-state index in [1.165, 1.54) is 37.6 Å². The molecule has 1 atom stereocenters. The molecule has 2 amide bonds. The second-order valence-electron chi connectivity index (χ2n) is 8.56. The summed E-state index contributed by atoms with van der Waals surface area (Å²) in [5.41, 5.74) is 2.03. The molecule has 4 aliphatic carbocycles. The van der Waals surface area contributed by atoms with Crippen molar-refractivity contribution in [2.24, 2.45) is 28.3 Å². The van der Waals surface area contributed by atoms with E-state index in [0.717, 1.165) is 19.3 Å². The first-order valence-corrected chi connectivity index (χ1v) is 9.73. The van der Waals surface area contributed by atoms with Gasteiger partial charge in [-0.3, -0.25) is 19.7 Å². The Labute approximate surface area is 162 Å². The van der Waals surface area contributed by atoms with Crippen LogP contribution in [0.25, 0.3) is 0 Å². The summed E-state index contributed by atoms with van der Waals surface area (Å²) < 4.78 is 4.92. The van der Waals surface area contributed by atoms with Gasteiger partial charge in [-0.25, -0.2) is 5.43 Å². The van der Waals surface area contributed by atoms with Crippen LogP contribution in [0.3, 0.4) is 0 Å². The van der Waals surface area contributed by atoms with Gasteiger partial charge in [0, 0.05) is 5.41 Å². The minimum Gasteiger partial charge on any atom is -0.400 e. The van der Waals surface area contributed by atoms with E-state index in [9.17, 15) is 19.7 Å². The smallest absolute Gasteiger partial charge is 0.400 e. The molecule has 4 aliphatic rings. The van der Waals surface area contributed by atoms with Crippen LogP contribution in [0.4, 0.5) is 5.88 Å². The van der Waals surface area contributed by atoms with Crippen LogP contribution in [-0.2, 0) is 9.59 Å². The van der Waals surface area contributed by atoms with Crippen LogP contribution >= 0.6 is 0 Å². The SMILES string of the molecule is C[C@H](NC(=O)C12CC3CC(CC(C3)C1)C2)C(=O)N/N=C\c1ccc([N+](=O)[O-])o1. The molecule has 28 heavy (non-hydrogen) atoms. The number of nitro groups is 1. The number of hydrazone groups is 1. The first-order valence-electron chi connectivity index (χ1n) is 9.73. The van der Waals surface area contributed by atoms with Gasteiger partial charge in [-0.1, -0.05) is 0 Å². The molecule has 0 aromatic carbocycles. The molecule has 4 fully saturated rings. The Balaban J connectivity index is 1.31. The van der Waals surface area contributed by atoms with Gasteiger partial charge in [0.1, 0.15) is 11.0 Å². The van der Waals surface area contributed by atoms with Crippen LogP contribution in [0.1, 0.15) is 51.2 Å². The number of carbonyl (C=O) groups excluding carboxylic acids is 2. The Morgan fingerprint density at radius 1 is 1.25 bits per heavy atom. The zero-order valence-corrected chi connectivity index (χ0v) is 15.7. The fourth-order valence-corrected chi connectivity index (χ4v) is 5.57. The Morgan fingerprint density at radius 2 is 1.86 bits per heavy atom. The van der Waals surface area contributed by atoms with Gasteiger partial charge in [-0.2, -0.15) is 5.10 Å². The minimum atomic E-state index is -0.719. The lowest BCUT2D eigenvalue weighted by atomic mass is 9.49. The van der Waals surface area contributed by atoms with E-state index in [0.29, 0.717) is 17.8 Å². The van der Waals surface area contributed by atoms with Crippen LogP contribution in [0, 0.1) is 33.3 Å². The summed E-state index contributed by atoms with van der Waals surface area (Å²) in [6, 6.07) is 1.87. The average molecular weight is 388 g/mol. The molecule has 1 aromatic heterocycles. The molecule has 150 valence electrons. The molecule has 0 saturated heterocycles. The van der Waals surface area contributed by atoms with Crippen molar-refractivity contribution < 1.29 is 18.9 Å². The number of rotatable bonds is 6. The van der Waals surface area contributed by atoms with Gasteiger partial charge >= 0.3 is 5.88 Å². The molecule has 1 aromatic rings. The van der Waals surface area contributed by atoms with Crippen molar-refractivity contribution in [3.63, 3.8) is 0 Å². The van der Waals surface area contributed by atoms with Crippen molar-refractivity contribution in [2.45, 2.75) is 51.5 Å². The van der Waals surface area contributed by atoms with Crippen molar-refractivity contribution in [3.05, 3.63) is 28.0 Å². The number of hydrogen-bond donors (Lipinski definition) is 2. The van der Waals surface area contributed by atoms with Crippen LogP contribution in [0.15, 0.2) is 21.7 Å². The van der Waals surface area contributed by atoms with E-state index < -0.39 is 22.8 Å². The number of carbonyl (C=O) groups is 2. The fraction of sp³-hybridized carbons (Fsp3) is 0.632. The Hall–Kier alpha value is -2.71. The first kappa shape index (κ1) is 18.6. The van der Waals surface area contributed by atoms with Gasteiger partial charge in [0.25, 0.3) is 5.91 Å². The second-order valence-corrected chi connectivity index (χ2v) is 8.56. The van der Waals surface area contributed by atoms with Gasteiger partial charge in [0.05, 0.1) is 12.3 Å². The molecule has 1 heterocycles. The molecule has 0 aliphatic heterocycles. The van der Waals surface area contributed by atoms with Crippen molar-refractivity contribution in [1.29, 1.82) is 0 Å². The summed E-state index contributed by atoms with van der Waals surface area (Å²) in [4.78, 5) is 35.1. The Kier molecular flexibility index (Phi) is 4.68. The van der Waals surface area contributed by atoms with E-state index in [-0.39, 0.29) is 17.1 Å². The fourth-order valence-electron chi connectivity index (χ4n) is 5.57. The van der Waals surface area contributed by atoms with Crippen molar-refractivity contribution in [1.82, 2.24) is 10.7 Å². The maximum absolute atomic E-state index is 13.0. The normalized spacial score (nSPS) is 31.7. The highest BCUT2D eigenvalue weighted by Crippen LogP contribution is 2.60. The third-order valence-electron chi connectivity index (χ3n) is 6.42. The van der Waals surface area contributed by atoms with E-state index in [1.54, 1.807) is 6.92 Å². The number of hydrogen-bond acceptors (Lipinski definition) is 6. The van der Waals surface area contributed by atoms with Crippen molar-refractivity contribution in [3.8, 4) is 0 Å². The zero-order valence-electron chi connectivity index (χ0n) is 15.7. The van der Waals surface area contributed by atoms with Crippen LogP contribution in [0.5, 0.6) is 0 Å². The molecule has 0 unspecified atom stereocenters. The Bertz CT molecular complexity index is 795. The average Bonchev–Trinajstić information content (AvgIpc) is 3.09. The van der Waals surface area contributed by atoms with Crippen LogP contribution in [0.2, 0.25) is 0 Å². The van der Waals surface area contributed by atoms with E-state index in [1.807, 2.05) is 0 Å². The summed E-state index contributed by atoms with van der Waals surface area (Å²) in [5.74, 6) is 1.26. The highest BCUT2D eigenvalue weighted by molar-refractivity contribution is 5.90. The van der Waals surface area contributed by atoms with Gasteiger partial charge < -0.3 is 9.73 Å². The summed E-state index contributed by atoms with van der Waals surface area (Å²) in [7, 11) is 0. The second kappa shape index (κ2) is 7.03. The highest BCUT2D eigenvalue weighted by atomic mass is 16.6. The standard InChI is InChI=1S/C19H24N4O5/c1-11(17(24)22-20-10-15-2-3-16(28-15)23(26)27)21-18(25)19-7-12-4-13(8-19)6-14(5-12)9-19/h2-3,10-14H,4-9H2,1H3,(H,21,25)(H,22,24)/b20-10-/t11-,12?,13?,14?,19?/m0/s1. The molecule has 5 rings (SSSR count). The molecule has 4 bridgehead atoms. The molecule has 9 nitrogen and oxygen atoms in total. The van der Waals surface area contributed by atoms with E-state index in [4.69, 9.17) is 4.42 Å².